The van der Waals surface area contributed by atoms with Crippen LogP contribution >= 0.6 is 0 Å². The molecule has 0 radical (unpaired) electrons. The van der Waals surface area contributed by atoms with Crippen molar-refractivity contribution in [1.29, 1.82) is 0 Å². The lowest BCUT2D eigenvalue weighted by atomic mass is 10.0. The molecule has 4 N–H and O–H groups in total. The summed E-state index contributed by atoms with van der Waals surface area (Å²) in [5, 5.41) is 6.54. The van der Waals surface area contributed by atoms with Gasteiger partial charge in [0, 0.05) is 25.7 Å². The number of carbonyl (C=O) groups is 1. The average Bonchev–Trinajstić information content (AvgIpc) is 2.40. The minimum absolute atomic E-state index is 0.223. The Balaban J connectivity index is 1.81. The molecule has 0 bridgehead atoms. The second-order valence-corrected chi connectivity index (χ2v) is 6.50. The molecule has 1 fully saturated rings. The summed E-state index contributed by atoms with van der Waals surface area (Å²) in [5.74, 6) is 0.687. The maximum absolute atomic E-state index is 12.0. The largest absolute Gasteiger partial charge is 0.444 e. The normalized spacial score (nSPS) is 20.2. The van der Waals surface area contributed by atoms with E-state index < -0.39 is 5.60 Å². The highest BCUT2D eigenvalue weighted by Crippen LogP contribution is 2.16. The molecule has 2 rings (SSSR count). The number of hydrogen-bond acceptors (Lipinski definition) is 5. The average molecular weight is 294 g/mol. The molecule has 0 aromatic rings. The fourth-order valence-corrected chi connectivity index (χ4v) is 2.41. The number of nitrogens with one attached hydrogen (secondary N) is 2. The summed E-state index contributed by atoms with van der Waals surface area (Å²) in [6.45, 7) is 7.84. The molecule has 2 aliphatic rings. The van der Waals surface area contributed by atoms with Crippen LogP contribution in [0.25, 0.3) is 0 Å². The maximum atomic E-state index is 12.0. The number of dihydropyridines is 1. The highest BCUT2D eigenvalue weighted by molar-refractivity contribution is 5.68. The Morgan fingerprint density at radius 2 is 2.10 bits per heavy atom. The smallest absolute Gasteiger partial charge is 0.410 e. The molecule has 0 atom stereocenters. The van der Waals surface area contributed by atoms with E-state index in [1.807, 2.05) is 32.9 Å². The zero-order valence-corrected chi connectivity index (χ0v) is 13.1. The first kappa shape index (κ1) is 15.5. The summed E-state index contributed by atoms with van der Waals surface area (Å²) < 4.78 is 5.40. The number of rotatable bonds is 2. The second-order valence-electron chi connectivity index (χ2n) is 6.50. The van der Waals surface area contributed by atoms with E-state index in [0.717, 1.165) is 25.1 Å². The van der Waals surface area contributed by atoms with Crippen LogP contribution in [0.15, 0.2) is 23.7 Å². The van der Waals surface area contributed by atoms with E-state index in [-0.39, 0.29) is 6.09 Å². The van der Waals surface area contributed by atoms with Gasteiger partial charge in [-0.2, -0.15) is 0 Å². The van der Waals surface area contributed by atoms with E-state index in [4.69, 9.17) is 10.5 Å². The summed E-state index contributed by atoms with van der Waals surface area (Å²) in [6.07, 6.45) is 5.60. The second kappa shape index (κ2) is 6.28. The van der Waals surface area contributed by atoms with Gasteiger partial charge in [0.25, 0.3) is 0 Å². The van der Waals surface area contributed by atoms with Gasteiger partial charge in [-0.1, -0.05) is 6.08 Å². The van der Waals surface area contributed by atoms with Gasteiger partial charge >= 0.3 is 6.09 Å². The minimum atomic E-state index is -0.440. The van der Waals surface area contributed by atoms with Crippen molar-refractivity contribution in [2.75, 3.05) is 19.6 Å². The number of nitrogens with two attached hydrogens (primary N) is 1. The monoisotopic (exact) mass is 294 g/mol. The van der Waals surface area contributed by atoms with Crippen LogP contribution in [0.3, 0.4) is 0 Å². The standard InChI is InChI=1S/C15H26N4O2/c1-15(2,3)21-14(20)19-9-6-11(7-10-19)18-12-5-4-8-17-13(12)16/h4-5,11,17-18H,6-10,16H2,1-3H3. The van der Waals surface area contributed by atoms with E-state index in [0.29, 0.717) is 25.0 Å². The Labute approximate surface area is 126 Å². The highest BCUT2D eigenvalue weighted by Gasteiger charge is 2.27. The molecule has 0 spiro atoms. The lowest BCUT2D eigenvalue weighted by molar-refractivity contribution is 0.0201. The summed E-state index contributed by atoms with van der Waals surface area (Å²) in [4.78, 5) is 13.8. The van der Waals surface area contributed by atoms with E-state index >= 15 is 0 Å². The molecule has 118 valence electrons. The number of allylic oxidation sites excluding steroid dienone is 1. The number of amides is 1. The molecule has 0 aromatic carbocycles. The van der Waals surface area contributed by atoms with Crippen molar-refractivity contribution in [1.82, 2.24) is 15.5 Å². The van der Waals surface area contributed by atoms with Crippen molar-refractivity contribution >= 4 is 6.09 Å². The van der Waals surface area contributed by atoms with Gasteiger partial charge in [0.2, 0.25) is 0 Å². The number of hydrogen-bond donors (Lipinski definition) is 3. The van der Waals surface area contributed by atoms with E-state index in [9.17, 15) is 4.79 Å². The number of likely N-dealkylation sites (tertiary alicyclic amines) is 1. The first-order valence-electron chi connectivity index (χ1n) is 7.50. The first-order chi connectivity index (χ1) is 9.85. The molecule has 0 aliphatic carbocycles. The van der Waals surface area contributed by atoms with E-state index in [2.05, 4.69) is 10.6 Å². The van der Waals surface area contributed by atoms with Crippen molar-refractivity contribution in [3.63, 3.8) is 0 Å². The molecular weight excluding hydrogens is 268 g/mol. The van der Waals surface area contributed by atoms with Crippen LogP contribution in [0.2, 0.25) is 0 Å². The topological polar surface area (TPSA) is 79.6 Å². The van der Waals surface area contributed by atoms with Gasteiger partial charge in [-0.3, -0.25) is 0 Å². The number of ether oxygens (including phenoxy) is 1. The molecule has 6 nitrogen and oxygen atoms in total. The van der Waals surface area contributed by atoms with Crippen molar-refractivity contribution in [2.45, 2.75) is 45.3 Å². The Kier molecular flexibility index (Phi) is 4.65. The lowest BCUT2D eigenvalue weighted by Crippen LogP contribution is -2.47. The molecule has 0 unspecified atom stereocenters. The van der Waals surface area contributed by atoms with Gasteiger partial charge in [-0.15, -0.1) is 0 Å². The van der Waals surface area contributed by atoms with Gasteiger partial charge < -0.3 is 26.0 Å². The molecule has 0 aromatic heterocycles. The molecule has 2 heterocycles. The van der Waals surface area contributed by atoms with Crippen molar-refractivity contribution < 1.29 is 9.53 Å². The minimum Gasteiger partial charge on any atom is -0.444 e. The van der Waals surface area contributed by atoms with E-state index in [1.165, 1.54) is 0 Å². The molecule has 0 saturated carbocycles. The van der Waals surface area contributed by atoms with Gasteiger partial charge in [0.1, 0.15) is 11.4 Å². The molecule has 1 saturated heterocycles. The van der Waals surface area contributed by atoms with Crippen LogP contribution in [-0.4, -0.2) is 42.3 Å². The van der Waals surface area contributed by atoms with Crippen LogP contribution in [0.5, 0.6) is 0 Å². The SMILES string of the molecule is CC(C)(C)OC(=O)N1CCC(NC2=C(N)NCC=C2)CC1. The Morgan fingerprint density at radius 3 is 2.67 bits per heavy atom. The van der Waals surface area contributed by atoms with Crippen LogP contribution < -0.4 is 16.4 Å². The molecule has 1 amide bonds. The fraction of sp³-hybridized carbons (Fsp3) is 0.667. The summed E-state index contributed by atoms with van der Waals surface area (Å²) in [5.41, 5.74) is 6.41. The number of carbonyl (C=O) groups excluding carboxylic acids is 1. The van der Waals surface area contributed by atoms with Gasteiger partial charge in [0.15, 0.2) is 0 Å². The lowest BCUT2D eigenvalue weighted by Gasteiger charge is -2.34. The summed E-state index contributed by atoms with van der Waals surface area (Å²) in [6, 6.07) is 0.335. The maximum Gasteiger partial charge on any atom is 0.410 e. The Hall–Kier alpha value is -1.85. The van der Waals surface area contributed by atoms with Gasteiger partial charge in [0.05, 0.1) is 5.70 Å². The third-order valence-corrected chi connectivity index (χ3v) is 3.49. The van der Waals surface area contributed by atoms with Crippen molar-refractivity contribution in [3.8, 4) is 0 Å². The molecular formula is C15H26N4O2. The number of piperidine rings is 1. The zero-order valence-electron chi connectivity index (χ0n) is 13.1. The molecule has 2 aliphatic heterocycles. The Bertz CT molecular complexity index is 443. The quantitative estimate of drug-likeness (QED) is 0.714. The summed E-state index contributed by atoms with van der Waals surface area (Å²) in [7, 11) is 0. The predicted octanol–water partition coefficient (Wildman–Crippen LogP) is 1.26. The van der Waals surface area contributed by atoms with Gasteiger partial charge in [-0.05, 0) is 39.7 Å². The van der Waals surface area contributed by atoms with Crippen molar-refractivity contribution in [3.05, 3.63) is 23.7 Å². The predicted molar refractivity (Wildman–Crippen MR) is 82.3 cm³/mol. The van der Waals surface area contributed by atoms with Crippen LogP contribution in [0, 0.1) is 0 Å². The van der Waals surface area contributed by atoms with Gasteiger partial charge in [-0.25, -0.2) is 4.79 Å². The van der Waals surface area contributed by atoms with Crippen LogP contribution in [0.4, 0.5) is 4.79 Å². The fourth-order valence-electron chi connectivity index (χ4n) is 2.41. The summed E-state index contributed by atoms with van der Waals surface area (Å²) >= 11 is 0. The van der Waals surface area contributed by atoms with E-state index in [1.54, 1.807) is 4.90 Å². The first-order valence-corrected chi connectivity index (χ1v) is 7.50. The zero-order chi connectivity index (χ0) is 15.5. The van der Waals surface area contributed by atoms with Crippen molar-refractivity contribution in [2.24, 2.45) is 5.73 Å². The molecule has 6 heteroatoms. The molecule has 21 heavy (non-hydrogen) atoms. The third kappa shape index (κ3) is 4.58. The third-order valence-electron chi connectivity index (χ3n) is 3.49. The van der Waals surface area contributed by atoms with Crippen LogP contribution in [-0.2, 0) is 4.74 Å². The highest BCUT2D eigenvalue weighted by atomic mass is 16.6. The van der Waals surface area contributed by atoms with Crippen LogP contribution in [0.1, 0.15) is 33.6 Å². The number of nitrogens with zero attached hydrogens (tertiary/aromatic N) is 1. The Morgan fingerprint density at radius 1 is 1.43 bits per heavy atom.